The molecule has 1 amide bonds. The zero-order valence-electron chi connectivity index (χ0n) is 26.2. The van der Waals surface area contributed by atoms with Gasteiger partial charge in [0.15, 0.2) is 5.82 Å². The van der Waals surface area contributed by atoms with Crippen molar-refractivity contribution in [2.75, 3.05) is 35.6 Å². The number of hydrogen-bond donors (Lipinski definition) is 4. The molecule has 5 heterocycles. The van der Waals surface area contributed by atoms with E-state index < -0.39 is 0 Å². The fourth-order valence-electron chi connectivity index (χ4n) is 6.03. The van der Waals surface area contributed by atoms with Crippen molar-refractivity contribution < 1.29 is 9.53 Å². The monoisotopic (exact) mass is 621 g/mol. The number of fused-ring (bicyclic) bond motifs is 2. The number of rotatable bonds is 10. The van der Waals surface area contributed by atoms with Crippen molar-refractivity contribution >= 4 is 52.6 Å². The molecule has 1 atom stereocenters. The third-order valence-electron chi connectivity index (χ3n) is 8.42. The molecule has 7 rings (SSSR count). The van der Waals surface area contributed by atoms with Crippen molar-refractivity contribution in [1.29, 1.82) is 0 Å². The normalized spacial score (nSPS) is 18.0. The maximum atomic E-state index is 13.2. The van der Waals surface area contributed by atoms with E-state index in [2.05, 4.69) is 52.6 Å². The van der Waals surface area contributed by atoms with E-state index in [0.29, 0.717) is 41.9 Å². The van der Waals surface area contributed by atoms with E-state index in [-0.39, 0.29) is 18.6 Å². The summed E-state index contributed by atoms with van der Waals surface area (Å²) < 4.78 is 8.14. The number of nitrogens with one attached hydrogen (secondary N) is 4. The van der Waals surface area contributed by atoms with Gasteiger partial charge >= 0.3 is 0 Å². The van der Waals surface area contributed by atoms with Gasteiger partial charge in [-0.05, 0) is 64.3 Å². The second-order valence-corrected chi connectivity index (χ2v) is 12.3. The molecular formula is C33H39N11O2. The molecule has 13 nitrogen and oxygen atoms in total. The molecule has 2 fully saturated rings. The van der Waals surface area contributed by atoms with Crippen molar-refractivity contribution in [2.45, 2.75) is 64.6 Å². The van der Waals surface area contributed by atoms with Gasteiger partial charge in [-0.1, -0.05) is 12.1 Å². The van der Waals surface area contributed by atoms with Gasteiger partial charge in [-0.2, -0.15) is 10.1 Å². The van der Waals surface area contributed by atoms with E-state index >= 15 is 0 Å². The molecule has 46 heavy (non-hydrogen) atoms. The molecule has 2 aliphatic heterocycles. The lowest BCUT2D eigenvalue weighted by Crippen LogP contribution is -2.33. The van der Waals surface area contributed by atoms with E-state index in [1.54, 1.807) is 12.3 Å². The number of guanidine groups is 1. The predicted molar refractivity (Wildman–Crippen MR) is 181 cm³/mol. The average molecular weight is 622 g/mol. The number of amides is 1. The molecule has 1 aromatic carbocycles. The molecule has 1 saturated carbocycles. The van der Waals surface area contributed by atoms with Gasteiger partial charge in [0.2, 0.25) is 23.7 Å². The number of likely N-dealkylation sites (tertiary alicyclic amines) is 1. The van der Waals surface area contributed by atoms with E-state index in [0.717, 1.165) is 72.9 Å². The topological polar surface area (TPSA) is 150 Å². The van der Waals surface area contributed by atoms with Crippen LogP contribution in [0.2, 0.25) is 0 Å². The highest BCUT2D eigenvalue weighted by atomic mass is 16.5. The Morgan fingerprint density at radius 1 is 1.17 bits per heavy atom. The van der Waals surface area contributed by atoms with Crippen molar-refractivity contribution in [2.24, 2.45) is 9.98 Å². The minimum atomic E-state index is -0.0861. The maximum Gasteiger partial charge on any atom is 0.238 e. The molecule has 3 aliphatic rings. The number of hydrogen-bond acceptors (Lipinski definition) is 8. The van der Waals surface area contributed by atoms with Crippen LogP contribution in [0.1, 0.15) is 50.8 Å². The van der Waals surface area contributed by atoms with E-state index in [1.165, 1.54) is 5.69 Å². The number of benzene rings is 1. The van der Waals surface area contributed by atoms with Gasteiger partial charge in [-0.25, -0.2) is 15.0 Å². The minimum Gasteiger partial charge on any atom is -0.473 e. The SMILES string of the molecule is C=N/C(=N\C(=C(C)C)c1c[nH]c2c(NC(=O)CN3CC[C@H](Oc4ccnc(NC5CC5)n4)C3)cccc12)Nc1cc2n(n1)CCC2. The average Bonchev–Trinajstić information content (AvgIpc) is 3.36. The number of allylic oxidation sites excluding steroid dienone is 1. The Hall–Kier alpha value is -5.04. The van der Waals surface area contributed by atoms with Crippen LogP contribution in [-0.2, 0) is 17.8 Å². The number of aromatic nitrogens is 5. The highest BCUT2D eigenvalue weighted by Gasteiger charge is 2.27. The summed E-state index contributed by atoms with van der Waals surface area (Å²) in [7, 11) is 0. The van der Waals surface area contributed by atoms with Crippen LogP contribution in [0, 0.1) is 0 Å². The van der Waals surface area contributed by atoms with Crippen LogP contribution in [0.25, 0.3) is 16.6 Å². The Morgan fingerprint density at radius 3 is 2.87 bits per heavy atom. The highest BCUT2D eigenvalue weighted by molar-refractivity contribution is 6.06. The largest absolute Gasteiger partial charge is 0.473 e. The first-order valence-corrected chi connectivity index (χ1v) is 15.9. The van der Waals surface area contributed by atoms with E-state index in [1.807, 2.05) is 49.0 Å². The molecule has 1 aliphatic carbocycles. The van der Waals surface area contributed by atoms with E-state index in [4.69, 9.17) is 9.73 Å². The van der Waals surface area contributed by atoms with Crippen LogP contribution in [0.15, 0.2) is 58.3 Å². The molecule has 0 unspecified atom stereocenters. The number of carbonyl (C=O) groups is 1. The molecule has 0 bridgehead atoms. The van der Waals surface area contributed by atoms with Crippen LogP contribution in [-0.4, -0.2) is 80.0 Å². The second-order valence-electron chi connectivity index (χ2n) is 12.3. The number of H-pyrrole nitrogens is 1. The van der Waals surface area contributed by atoms with Crippen molar-refractivity contribution in [1.82, 2.24) is 29.6 Å². The Bertz CT molecular complexity index is 1810. The van der Waals surface area contributed by atoms with Gasteiger partial charge in [0.1, 0.15) is 6.10 Å². The Labute approximate surface area is 267 Å². The Kier molecular flexibility index (Phi) is 8.22. The lowest BCUT2D eigenvalue weighted by Gasteiger charge is -2.17. The zero-order valence-corrected chi connectivity index (χ0v) is 26.2. The summed E-state index contributed by atoms with van der Waals surface area (Å²) in [5.74, 6) is 2.15. The number of carbonyl (C=O) groups excluding carboxylic acids is 1. The summed E-state index contributed by atoms with van der Waals surface area (Å²) in [6.07, 6.45) is 8.86. The van der Waals surface area contributed by atoms with E-state index in [9.17, 15) is 4.79 Å². The molecule has 1 saturated heterocycles. The number of anilines is 3. The summed E-state index contributed by atoms with van der Waals surface area (Å²) in [6.45, 7) is 10.4. The third kappa shape index (κ3) is 6.64. The summed E-state index contributed by atoms with van der Waals surface area (Å²) in [5.41, 5.74) is 5.42. The van der Waals surface area contributed by atoms with Crippen LogP contribution >= 0.6 is 0 Å². The number of aromatic amines is 1. The number of ether oxygens (including phenoxy) is 1. The fourth-order valence-corrected chi connectivity index (χ4v) is 6.03. The van der Waals surface area contributed by atoms with Gasteiger partial charge in [-0.15, -0.1) is 0 Å². The molecule has 238 valence electrons. The summed E-state index contributed by atoms with van der Waals surface area (Å²) in [6, 6.07) is 10.1. The molecular weight excluding hydrogens is 582 g/mol. The number of nitrogens with zero attached hydrogens (tertiary/aromatic N) is 7. The van der Waals surface area contributed by atoms with Crippen molar-refractivity contribution in [3.8, 4) is 5.88 Å². The highest BCUT2D eigenvalue weighted by Crippen LogP contribution is 2.32. The molecule has 0 radical (unpaired) electrons. The van der Waals surface area contributed by atoms with Gasteiger partial charge in [0.05, 0.1) is 23.4 Å². The lowest BCUT2D eigenvalue weighted by molar-refractivity contribution is -0.117. The lowest BCUT2D eigenvalue weighted by atomic mass is 10.1. The first kappa shape index (κ1) is 29.7. The van der Waals surface area contributed by atoms with Crippen LogP contribution < -0.4 is 20.7 Å². The maximum absolute atomic E-state index is 13.2. The van der Waals surface area contributed by atoms with Gasteiger partial charge in [-0.3, -0.25) is 14.4 Å². The zero-order chi connectivity index (χ0) is 31.6. The van der Waals surface area contributed by atoms with Crippen LogP contribution in [0.3, 0.4) is 0 Å². The molecule has 3 aromatic heterocycles. The molecule has 13 heteroatoms. The summed E-state index contributed by atoms with van der Waals surface area (Å²) in [5, 5.41) is 15.2. The second kappa shape index (κ2) is 12.8. The first-order valence-electron chi connectivity index (χ1n) is 15.9. The quantitative estimate of drug-likeness (QED) is 0.147. The predicted octanol–water partition coefficient (Wildman–Crippen LogP) is 4.69. The summed E-state index contributed by atoms with van der Waals surface area (Å²) >= 11 is 0. The standard InChI is InChI=1S/C33H39N11O2/c1-20(2)30(41-32(34-3)39-27-16-22-6-5-14-44(22)42-27)25-17-36-31-24(25)7-4-8-26(31)38-28(45)19-43-15-12-23(18-43)46-29-11-13-35-33(40-29)37-21-9-10-21/h4,7-8,11,13,16-17,21,23,36H,3,5-6,9-10,12,14-15,18-19H2,1-2H3,(H,38,45)(H,35,37,40)(H,39,41,42)/t23-/m0/s1. The van der Waals surface area contributed by atoms with Gasteiger partial charge in [0, 0.05) is 66.8 Å². The Morgan fingerprint density at radius 2 is 2.07 bits per heavy atom. The minimum absolute atomic E-state index is 0.0344. The molecule has 0 spiro atoms. The summed E-state index contributed by atoms with van der Waals surface area (Å²) in [4.78, 5) is 36.4. The first-order chi connectivity index (χ1) is 22.4. The number of para-hydroxylation sites is 1. The third-order valence-corrected chi connectivity index (χ3v) is 8.42. The number of aryl methyl sites for hydroxylation is 2. The number of aliphatic imine (C=N–C) groups is 2. The molecule has 4 aromatic rings. The smallest absolute Gasteiger partial charge is 0.238 e. The van der Waals surface area contributed by atoms with Crippen molar-refractivity contribution in [3.05, 3.63) is 59.6 Å². The Balaban J connectivity index is 1.000. The molecule has 4 N–H and O–H groups in total. The van der Waals surface area contributed by atoms with Gasteiger partial charge in [0.25, 0.3) is 0 Å². The van der Waals surface area contributed by atoms with Crippen LogP contribution in [0.5, 0.6) is 5.88 Å². The van der Waals surface area contributed by atoms with Gasteiger partial charge < -0.3 is 25.7 Å². The van der Waals surface area contributed by atoms with Crippen LogP contribution in [0.4, 0.5) is 17.5 Å². The van der Waals surface area contributed by atoms with Crippen molar-refractivity contribution in [3.63, 3.8) is 0 Å². The fraction of sp³-hybridized carbons (Fsp3) is 0.394.